The third kappa shape index (κ3) is 4.44. The lowest BCUT2D eigenvalue weighted by Gasteiger charge is -2.18. The first-order chi connectivity index (χ1) is 12.0. The van der Waals surface area contributed by atoms with E-state index in [0.29, 0.717) is 46.0 Å². The maximum absolute atomic E-state index is 12.3. The van der Waals surface area contributed by atoms with Crippen molar-refractivity contribution in [3.63, 3.8) is 0 Å². The summed E-state index contributed by atoms with van der Waals surface area (Å²) in [5.41, 5.74) is 1.03. The van der Waals surface area contributed by atoms with Crippen molar-refractivity contribution in [3.05, 3.63) is 52.0 Å². The van der Waals surface area contributed by atoms with Gasteiger partial charge in [0, 0.05) is 24.1 Å². The molecule has 7 heteroatoms. The standard InChI is InChI=1S/C18H15Cl2NO4/c19-13-3-2-12(10-14(13)20)21-18(23)6-4-15(22)11-1-5-16-17(9-11)25-8-7-24-16/h1-3,5,9-10H,4,6-8H2,(H,21,23). The fourth-order valence-corrected chi connectivity index (χ4v) is 2.68. The minimum absolute atomic E-state index is 0.0630. The Kier molecular flexibility index (Phi) is 5.46. The van der Waals surface area contributed by atoms with Crippen LogP contribution in [0.3, 0.4) is 0 Å². The molecule has 1 heterocycles. The second-order valence-electron chi connectivity index (χ2n) is 5.46. The summed E-state index contributed by atoms with van der Waals surface area (Å²) in [6, 6.07) is 9.83. The molecular formula is C18H15Cl2NO4. The van der Waals surface area contributed by atoms with Gasteiger partial charge >= 0.3 is 0 Å². The molecule has 130 valence electrons. The zero-order chi connectivity index (χ0) is 17.8. The average molecular weight is 380 g/mol. The predicted molar refractivity (Wildman–Crippen MR) is 96.1 cm³/mol. The van der Waals surface area contributed by atoms with Crippen LogP contribution in [-0.4, -0.2) is 24.9 Å². The molecule has 0 saturated carbocycles. The number of ether oxygens (including phenoxy) is 2. The molecule has 0 aliphatic carbocycles. The van der Waals surface area contributed by atoms with Crippen LogP contribution in [0, 0.1) is 0 Å². The van der Waals surface area contributed by atoms with Gasteiger partial charge < -0.3 is 14.8 Å². The number of amides is 1. The van der Waals surface area contributed by atoms with Crippen molar-refractivity contribution < 1.29 is 19.1 Å². The maximum Gasteiger partial charge on any atom is 0.224 e. The molecule has 5 nitrogen and oxygen atoms in total. The van der Waals surface area contributed by atoms with E-state index in [1.54, 1.807) is 36.4 Å². The van der Waals surface area contributed by atoms with Gasteiger partial charge in [-0.3, -0.25) is 9.59 Å². The number of nitrogens with one attached hydrogen (secondary N) is 1. The number of halogens is 2. The number of hydrogen-bond acceptors (Lipinski definition) is 4. The second-order valence-corrected chi connectivity index (χ2v) is 6.27. The number of hydrogen-bond donors (Lipinski definition) is 1. The van der Waals surface area contributed by atoms with Crippen LogP contribution >= 0.6 is 23.2 Å². The Morgan fingerprint density at radius 3 is 2.44 bits per heavy atom. The van der Waals surface area contributed by atoms with E-state index in [2.05, 4.69) is 5.32 Å². The summed E-state index contributed by atoms with van der Waals surface area (Å²) in [5, 5.41) is 3.45. The fourth-order valence-electron chi connectivity index (χ4n) is 2.39. The molecule has 25 heavy (non-hydrogen) atoms. The van der Waals surface area contributed by atoms with E-state index < -0.39 is 0 Å². The summed E-state index contributed by atoms with van der Waals surface area (Å²) in [7, 11) is 0. The van der Waals surface area contributed by atoms with Gasteiger partial charge in [0.15, 0.2) is 17.3 Å². The van der Waals surface area contributed by atoms with Crippen LogP contribution in [0.5, 0.6) is 11.5 Å². The number of rotatable bonds is 5. The van der Waals surface area contributed by atoms with E-state index in [4.69, 9.17) is 32.7 Å². The van der Waals surface area contributed by atoms with Crippen LogP contribution in [0.15, 0.2) is 36.4 Å². The van der Waals surface area contributed by atoms with Crippen LogP contribution in [0.1, 0.15) is 23.2 Å². The summed E-state index contributed by atoms with van der Waals surface area (Å²) in [5.74, 6) is 0.767. The minimum atomic E-state index is -0.274. The van der Waals surface area contributed by atoms with Crippen LogP contribution < -0.4 is 14.8 Å². The molecule has 1 amide bonds. The molecule has 0 spiro atoms. The third-order valence-corrected chi connectivity index (χ3v) is 4.39. The molecule has 2 aromatic rings. The average Bonchev–Trinajstić information content (AvgIpc) is 2.62. The van der Waals surface area contributed by atoms with Crippen molar-refractivity contribution >= 4 is 40.6 Å². The summed E-state index contributed by atoms with van der Waals surface area (Å²) < 4.78 is 10.9. The van der Waals surface area contributed by atoms with Crippen molar-refractivity contribution in [1.82, 2.24) is 0 Å². The molecule has 0 unspecified atom stereocenters. The first-order valence-electron chi connectivity index (χ1n) is 7.70. The van der Waals surface area contributed by atoms with Crippen molar-refractivity contribution in [3.8, 4) is 11.5 Å². The van der Waals surface area contributed by atoms with E-state index in [1.807, 2.05) is 0 Å². The smallest absolute Gasteiger partial charge is 0.224 e. The molecular weight excluding hydrogens is 365 g/mol. The van der Waals surface area contributed by atoms with Crippen molar-refractivity contribution in [2.24, 2.45) is 0 Å². The third-order valence-electron chi connectivity index (χ3n) is 3.65. The minimum Gasteiger partial charge on any atom is -0.486 e. The Morgan fingerprint density at radius 1 is 0.920 bits per heavy atom. The Labute approximate surface area is 154 Å². The molecule has 2 aromatic carbocycles. The topological polar surface area (TPSA) is 64.6 Å². The molecule has 0 saturated heterocycles. The quantitative estimate of drug-likeness (QED) is 0.783. The second kappa shape index (κ2) is 7.76. The number of Topliss-reactive ketones (excluding diaryl/α,β-unsaturated/α-hetero) is 1. The lowest BCUT2D eigenvalue weighted by atomic mass is 10.1. The molecule has 3 rings (SSSR count). The van der Waals surface area contributed by atoms with E-state index in [-0.39, 0.29) is 24.5 Å². The number of ketones is 1. The summed E-state index contributed by atoms with van der Waals surface area (Å²) in [6.07, 6.45) is 0.153. The zero-order valence-electron chi connectivity index (χ0n) is 13.2. The normalized spacial score (nSPS) is 12.6. The Balaban J connectivity index is 1.56. The molecule has 0 bridgehead atoms. The van der Waals surface area contributed by atoms with E-state index in [1.165, 1.54) is 0 Å². The number of carbonyl (C=O) groups is 2. The number of carbonyl (C=O) groups excluding carboxylic acids is 2. The lowest BCUT2D eigenvalue weighted by Crippen LogP contribution is -2.16. The van der Waals surface area contributed by atoms with Crippen LogP contribution in [0.2, 0.25) is 10.0 Å². The molecule has 1 aliphatic rings. The van der Waals surface area contributed by atoms with Crippen molar-refractivity contribution in [1.29, 1.82) is 0 Å². The number of benzene rings is 2. The summed E-state index contributed by atoms with van der Waals surface area (Å²) in [6.45, 7) is 0.950. The first-order valence-corrected chi connectivity index (χ1v) is 8.46. The Bertz CT molecular complexity index is 823. The highest BCUT2D eigenvalue weighted by Gasteiger charge is 2.16. The van der Waals surface area contributed by atoms with Gasteiger partial charge in [0.05, 0.1) is 10.0 Å². The highest BCUT2D eigenvalue weighted by Crippen LogP contribution is 2.31. The monoisotopic (exact) mass is 379 g/mol. The van der Waals surface area contributed by atoms with Crippen LogP contribution in [0.4, 0.5) is 5.69 Å². The zero-order valence-corrected chi connectivity index (χ0v) is 14.7. The molecule has 0 radical (unpaired) electrons. The molecule has 1 aliphatic heterocycles. The molecule has 0 atom stereocenters. The highest BCUT2D eigenvalue weighted by atomic mass is 35.5. The fraction of sp³-hybridized carbons (Fsp3) is 0.222. The van der Waals surface area contributed by atoms with Gasteiger partial charge in [-0.1, -0.05) is 23.2 Å². The Morgan fingerprint density at radius 2 is 1.68 bits per heavy atom. The Hall–Kier alpha value is -2.24. The van der Waals surface area contributed by atoms with E-state index in [0.717, 1.165) is 0 Å². The summed E-state index contributed by atoms with van der Waals surface area (Å²) >= 11 is 11.7. The molecule has 1 N–H and O–H groups in total. The van der Waals surface area contributed by atoms with Gasteiger partial charge in [0.25, 0.3) is 0 Å². The number of anilines is 1. The molecule has 0 aromatic heterocycles. The van der Waals surface area contributed by atoms with Crippen LogP contribution in [-0.2, 0) is 4.79 Å². The number of fused-ring (bicyclic) bond motifs is 1. The van der Waals surface area contributed by atoms with Gasteiger partial charge in [-0.05, 0) is 36.4 Å². The van der Waals surface area contributed by atoms with Gasteiger partial charge in [0.2, 0.25) is 5.91 Å². The summed E-state index contributed by atoms with van der Waals surface area (Å²) in [4.78, 5) is 24.3. The molecule has 0 fully saturated rings. The van der Waals surface area contributed by atoms with Crippen LogP contribution in [0.25, 0.3) is 0 Å². The SMILES string of the molecule is O=C(CCC(=O)c1ccc2c(c1)OCCO2)Nc1ccc(Cl)c(Cl)c1. The van der Waals surface area contributed by atoms with Gasteiger partial charge in [-0.15, -0.1) is 0 Å². The maximum atomic E-state index is 12.3. The lowest BCUT2D eigenvalue weighted by molar-refractivity contribution is -0.116. The van der Waals surface area contributed by atoms with Gasteiger partial charge in [0.1, 0.15) is 13.2 Å². The largest absolute Gasteiger partial charge is 0.486 e. The van der Waals surface area contributed by atoms with Crippen molar-refractivity contribution in [2.45, 2.75) is 12.8 Å². The van der Waals surface area contributed by atoms with Gasteiger partial charge in [-0.25, -0.2) is 0 Å². The first kappa shape index (κ1) is 17.6. The van der Waals surface area contributed by atoms with E-state index >= 15 is 0 Å². The van der Waals surface area contributed by atoms with Gasteiger partial charge in [-0.2, -0.15) is 0 Å². The van der Waals surface area contributed by atoms with Crippen molar-refractivity contribution in [2.75, 3.05) is 18.5 Å². The highest BCUT2D eigenvalue weighted by molar-refractivity contribution is 6.42. The predicted octanol–water partition coefficient (Wildman–Crippen LogP) is 4.37. The van der Waals surface area contributed by atoms with E-state index in [9.17, 15) is 9.59 Å².